The van der Waals surface area contributed by atoms with E-state index in [1.807, 2.05) is 44.2 Å². The molecular weight excluding hydrogens is 344 g/mol. The molecule has 1 N–H and O–H groups in total. The van der Waals surface area contributed by atoms with Crippen LogP contribution < -0.4 is 5.32 Å². The van der Waals surface area contributed by atoms with Crippen LogP contribution in [0.4, 0.5) is 5.82 Å². The van der Waals surface area contributed by atoms with Crippen molar-refractivity contribution in [1.82, 2.24) is 14.7 Å². The van der Waals surface area contributed by atoms with Gasteiger partial charge in [-0.3, -0.25) is 9.59 Å². The molecule has 27 heavy (non-hydrogen) atoms. The van der Waals surface area contributed by atoms with E-state index in [1.54, 1.807) is 28.6 Å². The van der Waals surface area contributed by atoms with Crippen molar-refractivity contribution in [3.63, 3.8) is 0 Å². The third-order valence-corrected chi connectivity index (χ3v) is 4.25. The molecule has 3 aromatic rings. The summed E-state index contributed by atoms with van der Waals surface area (Å²) in [6.07, 6.45) is 1.48. The summed E-state index contributed by atoms with van der Waals surface area (Å²) in [7, 11) is 0. The maximum atomic E-state index is 12.9. The van der Waals surface area contributed by atoms with E-state index in [1.165, 1.54) is 6.20 Å². The Morgan fingerprint density at radius 1 is 1.11 bits per heavy atom. The number of amides is 2. The second-order valence-corrected chi connectivity index (χ2v) is 6.00. The van der Waals surface area contributed by atoms with Gasteiger partial charge in [0.15, 0.2) is 5.76 Å². The van der Waals surface area contributed by atoms with Crippen molar-refractivity contribution in [2.45, 2.75) is 20.8 Å². The highest BCUT2D eigenvalue weighted by Gasteiger charge is 2.24. The van der Waals surface area contributed by atoms with Crippen molar-refractivity contribution < 1.29 is 14.0 Å². The summed E-state index contributed by atoms with van der Waals surface area (Å²) in [5.41, 5.74) is 1.07. The maximum Gasteiger partial charge on any atom is 0.292 e. The lowest BCUT2D eigenvalue weighted by Gasteiger charge is -2.19. The van der Waals surface area contributed by atoms with Crippen LogP contribution >= 0.6 is 0 Å². The van der Waals surface area contributed by atoms with Crippen LogP contribution in [0.25, 0.3) is 5.69 Å². The molecule has 0 saturated heterocycles. The molecule has 2 heterocycles. The number of aromatic nitrogens is 2. The molecule has 0 aliphatic heterocycles. The SMILES string of the molecule is CCN(CC)C(=O)c1cnn(-c2ccccc2)c1NC(=O)c1ccc(C)o1. The van der Waals surface area contributed by atoms with Crippen molar-refractivity contribution in [3.8, 4) is 5.69 Å². The van der Waals surface area contributed by atoms with Gasteiger partial charge in [0, 0.05) is 13.1 Å². The number of aryl methyl sites for hydroxylation is 1. The van der Waals surface area contributed by atoms with Gasteiger partial charge in [-0.25, -0.2) is 4.68 Å². The number of nitrogens with one attached hydrogen (secondary N) is 1. The summed E-state index contributed by atoms with van der Waals surface area (Å²) < 4.78 is 6.94. The minimum atomic E-state index is -0.436. The van der Waals surface area contributed by atoms with Gasteiger partial charge in [-0.05, 0) is 45.0 Å². The van der Waals surface area contributed by atoms with E-state index < -0.39 is 5.91 Å². The summed E-state index contributed by atoms with van der Waals surface area (Å²) >= 11 is 0. The molecule has 0 unspecified atom stereocenters. The zero-order valence-electron chi connectivity index (χ0n) is 15.6. The number of rotatable bonds is 6. The van der Waals surface area contributed by atoms with Gasteiger partial charge < -0.3 is 14.6 Å². The van der Waals surface area contributed by atoms with Gasteiger partial charge in [0.1, 0.15) is 17.1 Å². The Morgan fingerprint density at radius 2 is 1.81 bits per heavy atom. The number of hydrogen-bond acceptors (Lipinski definition) is 4. The molecule has 0 radical (unpaired) electrons. The molecule has 2 amide bonds. The molecule has 0 fully saturated rings. The lowest BCUT2D eigenvalue weighted by molar-refractivity contribution is 0.0774. The predicted molar refractivity (Wildman–Crippen MR) is 102 cm³/mol. The summed E-state index contributed by atoms with van der Waals surface area (Å²) in [4.78, 5) is 27.2. The predicted octanol–water partition coefficient (Wildman–Crippen LogP) is 3.51. The quantitative estimate of drug-likeness (QED) is 0.724. The van der Waals surface area contributed by atoms with Crippen molar-refractivity contribution in [3.05, 3.63) is 65.7 Å². The van der Waals surface area contributed by atoms with Gasteiger partial charge in [-0.15, -0.1) is 0 Å². The van der Waals surface area contributed by atoms with Gasteiger partial charge >= 0.3 is 0 Å². The first-order valence-corrected chi connectivity index (χ1v) is 8.85. The second kappa shape index (κ2) is 7.90. The molecule has 3 rings (SSSR count). The van der Waals surface area contributed by atoms with E-state index in [0.29, 0.717) is 30.2 Å². The fourth-order valence-electron chi connectivity index (χ4n) is 2.80. The minimum Gasteiger partial charge on any atom is -0.456 e. The normalized spacial score (nSPS) is 10.6. The molecule has 0 atom stereocenters. The van der Waals surface area contributed by atoms with E-state index in [9.17, 15) is 9.59 Å². The first kappa shape index (κ1) is 18.4. The van der Waals surface area contributed by atoms with Crippen molar-refractivity contribution in [2.75, 3.05) is 18.4 Å². The summed E-state index contributed by atoms with van der Waals surface area (Å²) in [6, 6.07) is 12.6. The first-order valence-electron chi connectivity index (χ1n) is 8.85. The number of anilines is 1. The van der Waals surface area contributed by atoms with Crippen LogP contribution in [-0.2, 0) is 0 Å². The average Bonchev–Trinajstić information content (AvgIpc) is 3.30. The second-order valence-electron chi connectivity index (χ2n) is 6.00. The van der Waals surface area contributed by atoms with E-state index in [4.69, 9.17) is 4.42 Å². The molecule has 0 spiro atoms. The Hall–Kier alpha value is -3.35. The first-order chi connectivity index (χ1) is 13.0. The lowest BCUT2D eigenvalue weighted by Crippen LogP contribution is -2.31. The van der Waals surface area contributed by atoms with Crippen LogP contribution in [0, 0.1) is 6.92 Å². The number of furan rings is 1. The Balaban J connectivity index is 2.03. The number of benzene rings is 1. The monoisotopic (exact) mass is 366 g/mol. The number of carbonyl (C=O) groups excluding carboxylic acids is 2. The molecule has 0 bridgehead atoms. The van der Waals surface area contributed by atoms with Crippen LogP contribution in [0.5, 0.6) is 0 Å². The highest BCUT2D eigenvalue weighted by Crippen LogP contribution is 2.23. The van der Waals surface area contributed by atoms with E-state index in [-0.39, 0.29) is 11.7 Å². The van der Waals surface area contributed by atoms with Gasteiger partial charge in [0.2, 0.25) is 0 Å². The van der Waals surface area contributed by atoms with E-state index in [0.717, 1.165) is 5.69 Å². The molecule has 140 valence electrons. The standard InChI is InChI=1S/C20H22N4O3/c1-4-23(5-2)20(26)16-13-21-24(15-9-7-6-8-10-15)18(16)22-19(25)17-12-11-14(3)27-17/h6-13H,4-5H2,1-3H3,(H,22,25). The average molecular weight is 366 g/mol. The molecule has 0 aliphatic rings. The number of hydrogen-bond donors (Lipinski definition) is 1. The molecule has 1 aromatic carbocycles. The highest BCUT2D eigenvalue weighted by molar-refractivity contribution is 6.07. The number of para-hydroxylation sites is 1. The van der Waals surface area contributed by atoms with Crippen LogP contribution in [0.15, 0.2) is 53.1 Å². The molecule has 0 saturated carbocycles. The molecule has 2 aromatic heterocycles. The summed E-state index contributed by atoms with van der Waals surface area (Å²) in [5.74, 6) is 0.505. The van der Waals surface area contributed by atoms with Gasteiger partial charge in [-0.1, -0.05) is 18.2 Å². The molecular formula is C20H22N4O3. The summed E-state index contributed by atoms with van der Waals surface area (Å²) in [6.45, 7) is 6.72. The van der Waals surface area contributed by atoms with Crippen molar-refractivity contribution >= 4 is 17.6 Å². The maximum absolute atomic E-state index is 12.9. The molecule has 0 aliphatic carbocycles. The number of nitrogens with zero attached hydrogens (tertiary/aromatic N) is 3. The third-order valence-electron chi connectivity index (χ3n) is 4.25. The third kappa shape index (κ3) is 3.76. The van der Waals surface area contributed by atoms with Gasteiger partial charge in [-0.2, -0.15) is 5.10 Å². The van der Waals surface area contributed by atoms with Crippen LogP contribution in [-0.4, -0.2) is 39.6 Å². The Kier molecular flexibility index (Phi) is 5.40. The Bertz CT molecular complexity index is 939. The van der Waals surface area contributed by atoms with Crippen LogP contribution in [0.1, 0.15) is 40.5 Å². The van der Waals surface area contributed by atoms with Gasteiger partial charge in [0.05, 0.1) is 11.9 Å². The lowest BCUT2D eigenvalue weighted by atomic mass is 10.2. The summed E-state index contributed by atoms with van der Waals surface area (Å²) in [5, 5.41) is 7.13. The Labute approximate surface area is 157 Å². The molecule has 7 heteroatoms. The largest absolute Gasteiger partial charge is 0.456 e. The highest BCUT2D eigenvalue weighted by atomic mass is 16.3. The number of carbonyl (C=O) groups is 2. The minimum absolute atomic E-state index is 0.176. The van der Waals surface area contributed by atoms with E-state index >= 15 is 0 Å². The fourth-order valence-corrected chi connectivity index (χ4v) is 2.80. The fraction of sp³-hybridized carbons (Fsp3) is 0.250. The zero-order chi connectivity index (χ0) is 19.4. The van der Waals surface area contributed by atoms with Crippen molar-refractivity contribution in [2.24, 2.45) is 0 Å². The van der Waals surface area contributed by atoms with Crippen LogP contribution in [0.3, 0.4) is 0 Å². The molecule has 7 nitrogen and oxygen atoms in total. The Morgan fingerprint density at radius 3 is 2.41 bits per heavy atom. The smallest absolute Gasteiger partial charge is 0.292 e. The van der Waals surface area contributed by atoms with Crippen molar-refractivity contribution in [1.29, 1.82) is 0 Å². The van der Waals surface area contributed by atoms with Crippen LogP contribution in [0.2, 0.25) is 0 Å². The van der Waals surface area contributed by atoms with E-state index in [2.05, 4.69) is 10.4 Å². The topological polar surface area (TPSA) is 80.4 Å². The zero-order valence-corrected chi connectivity index (χ0v) is 15.6. The van der Waals surface area contributed by atoms with Gasteiger partial charge in [0.25, 0.3) is 11.8 Å².